The third-order valence-electron chi connectivity index (χ3n) is 3.61. The number of hydrogen-bond acceptors (Lipinski definition) is 4. The zero-order chi connectivity index (χ0) is 14.0. The van der Waals surface area contributed by atoms with E-state index in [0.29, 0.717) is 25.3 Å². The van der Waals surface area contributed by atoms with Gasteiger partial charge in [-0.1, -0.05) is 0 Å². The van der Waals surface area contributed by atoms with Crippen molar-refractivity contribution in [1.82, 2.24) is 10.2 Å². The number of nitrogens with zero attached hydrogens (tertiary/aromatic N) is 1. The molecule has 1 atom stereocenters. The number of rotatable bonds is 3. The van der Waals surface area contributed by atoms with Crippen LogP contribution in [0.2, 0.25) is 0 Å². The third kappa shape index (κ3) is 2.49. The number of amides is 2. The molecule has 1 aromatic rings. The lowest BCUT2D eigenvalue weighted by atomic mass is 9.89. The molecule has 2 rings (SSSR count). The average Bonchev–Trinajstić information content (AvgIpc) is 3.04. The quantitative estimate of drug-likeness (QED) is 0.824. The molecule has 1 saturated heterocycles. The lowest BCUT2D eigenvalue weighted by Crippen LogP contribution is -2.40. The van der Waals surface area contributed by atoms with Gasteiger partial charge in [-0.05, 0) is 25.5 Å². The highest BCUT2D eigenvalue weighted by atomic mass is 16.4. The fourth-order valence-electron chi connectivity index (χ4n) is 2.38. The van der Waals surface area contributed by atoms with Crippen LogP contribution in [0.25, 0.3) is 0 Å². The van der Waals surface area contributed by atoms with Gasteiger partial charge in [-0.15, -0.1) is 0 Å². The van der Waals surface area contributed by atoms with E-state index in [1.54, 1.807) is 24.1 Å². The number of carbonyl (C=O) groups excluding carboxylic acids is 2. The molecule has 0 saturated carbocycles. The molecule has 1 aromatic heterocycles. The Labute approximate surface area is 111 Å². The maximum absolute atomic E-state index is 12.2. The first-order valence-electron chi connectivity index (χ1n) is 6.30. The number of carbonyl (C=O) groups is 2. The molecule has 104 valence electrons. The fourth-order valence-corrected chi connectivity index (χ4v) is 2.38. The SMILES string of the molecule is CNC(=O)C1(C)CCN(C(=O)c2ccc(CN)o2)C1. The van der Waals surface area contributed by atoms with Crippen molar-refractivity contribution in [3.05, 3.63) is 23.7 Å². The Morgan fingerprint density at radius 2 is 2.26 bits per heavy atom. The van der Waals surface area contributed by atoms with Crippen LogP contribution in [0.4, 0.5) is 0 Å². The summed E-state index contributed by atoms with van der Waals surface area (Å²) in [6.07, 6.45) is 0.656. The van der Waals surface area contributed by atoms with Gasteiger partial charge in [0.05, 0.1) is 12.0 Å². The van der Waals surface area contributed by atoms with Crippen molar-refractivity contribution in [3.8, 4) is 0 Å². The molecule has 2 heterocycles. The van der Waals surface area contributed by atoms with E-state index in [0.717, 1.165) is 0 Å². The Bertz CT molecular complexity index is 497. The summed E-state index contributed by atoms with van der Waals surface area (Å²) in [7, 11) is 1.61. The van der Waals surface area contributed by atoms with E-state index in [1.165, 1.54) is 0 Å². The first-order valence-corrected chi connectivity index (χ1v) is 6.30. The number of hydrogen-bond donors (Lipinski definition) is 2. The van der Waals surface area contributed by atoms with Crippen LogP contribution in [0, 0.1) is 5.41 Å². The minimum Gasteiger partial charge on any atom is -0.455 e. The Morgan fingerprint density at radius 1 is 1.53 bits per heavy atom. The molecule has 2 amide bonds. The Balaban J connectivity index is 2.08. The molecular weight excluding hydrogens is 246 g/mol. The second-order valence-electron chi connectivity index (χ2n) is 5.09. The molecule has 1 aliphatic rings. The fraction of sp³-hybridized carbons (Fsp3) is 0.538. The van der Waals surface area contributed by atoms with Gasteiger partial charge in [0.15, 0.2) is 5.76 Å². The standard InChI is InChI=1S/C13H19N3O3/c1-13(12(18)15-2)5-6-16(8-13)11(17)10-4-3-9(7-14)19-10/h3-4H,5-8,14H2,1-2H3,(H,15,18). The summed E-state index contributed by atoms with van der Waals surface area (Å²) >= 11 is 0. The zero-order valence-corrected chi connectivity index (χ0v) is 11.2. The summed E-state index contributed by atoms with van der Waals surface area (Å²) in [6.45, 7) is 3.10. The van der Waals surface area contributed by atoms with Gasteiger partial charge in [0, 0.05) is 20.1 Å². The van der Waals surface area contributed by atoms with Gasteiger partial charge in [-0.25, -0.2) is 0 Å². The smallest absolute Gasteiger partial charge is 0.289 e. The van der Waals surface area contributed by atoms with Crippen LogP contribution in [0.3, 0.4) is 0 Å². The van der Waals surface area contributed by atoms with Gasteiger partial charge in [0.2, 0.25) is 5.91 Å². The predicted molar refractivity (Wildman–Crippen MR) is 69.3 cm³/mol. The molecule has 6 nitrogen and oxygen atoms in total. The van der Waals surface area contributed by atoms with Crippen LogP contribution in [-0.4, -0.2) is 36.9 Å². The van der Waals surface area contributed by atoms with Crippen molar-refractivity contribution in [1.29, 1.82) is 0 Å². The molecule has 6 heteroatoms. The number of furan rings is 1. The van der Waals surface area contributed by atoms with Gasteiger partial charge < -0.3 is 20.4 Å². The van der Waals surface area contributed by atoms with E-state index in [1.807, 2.05) is 6.92 Å². The summed E-state index contributed by atoms with van der Waals surface area (Å²) < 4.78 is 5.35. The summed E-state index contributed by atoms with van der Waals surface area (Å²) in [6, 6.07) is 3.32. The zero-order valence-electron chi connectivity index (χ0n) is 11.2. The lowest BCUT2D eigenvalue weighted by Gasteiger charge is -2.22. The number of nitrogens with two attached hydrogens (primary N) is 1. The summed E-state index contributed by atoms with van der Waals surface area (Å²) in [5, 5.41) is 2.64. The monoisotopic (exact) mass is 265 g/mol. The van der Waals surface area contributed by atoms with Crippen molar-refractivity contribution < 1.29 is 14.0 Å². The van der Waals surface area contributed by atoms with Crippen molar-refractivity contribution in [2.75, 3.05) is 20.1 Å². The van der Waals surface area contributed by atoms with Crippen molar-refractivity contribution >= 4 is 11.8 Å². The van der Waals surface area contributed by atoms with E-state index < -0.39 is 5.41 Å². The van der Waals surface area contributed by atoms with Crippen LogP contribution < -0.4 is 11.1 Å². The van der Waals surface area contributed by atoms with E-state index in [-0.39, 0.29) is 24.1 Å². The lowest BCUT2D eigenvalue weighted by molar-refractivity contribution is -0.128. The van der Waals surface area contributed by atoms with Crippen LogP contribution in [0.5, 0.6) is 0 Å². The maximum atomic E-state index is 12.2. The third-order valence-corrected chi connectivity index (χ3v) is 3.61. The Kier molecular flexibility index (Phi) is 3.61. The molecule has 0 spiro atoms. The summed E-state index contributed by atoms with van der Waals surface area (Å²) in [5.41, 5.74) is 4.93. The number of likely N-dealkylation sites (tertiary alicyclic amines) is 1. The van der Waals surface area contributed by atoms with Crippen molar-refractivity contribution in [2.45, 2.75) is 19.9 Å². The summed E-state index contributed by atoms with van der Waals surface area (Å²) in [4.78, 5) is 25.7. The molecule has 0 bridgehead atoms. The van der Waals surface area contributed by atoms with Gasteiger partial charge in [-0.3, -0.25) is 9.59 Å². The largest absolute Gasteiger partial charge is 0.455 e. The summed E-state index contributed by atoms with van der Waals surface area (Å²) in [5.74, 6) is 0.635. The molecule has 0 aromatic carbocycles. The second-order valence-corrected chi connectivity index (χ2v) is 5.09. The van der Waals surface area contributed by atoms with E-state index >= 15 is 0 Å². The van der Waals surface area contributed by atoms with Crippen LogP contribution in [0.15, 0.2) is 16.5 Å². The van der Waals surface area contributed by atoms with Crippen molar-refractivity contribution in [2.24, 2.45) is 11.1 Å². The van der Waals surface area contributed by atoms with Gasteiger partial charge in [0.25, 0.3) is 5.91 Å². The number of nitrogens with one attached hydrogen (secondary N) is 1. The molecule has 1 unspecified atom stereocenters. The highest BCUT2D eigenvalue weighted by Gasteiger charge is 2.42. The minimum absolute atomic E-state index is 0.0371. The van der Waals surface area contributed by atoms with Gasteiger partial charge >= 0.3 is 0 Å². The highest BCUT2D eigenvalue weighted by Crippen LogP contribution is 2.31. The first-order chi connectivity index (χ1) is 9.00. The molecule has 1 fully saturated rings. The van der Waals surface area contributed by atoms with E-state index in [2.05, 4.69) is 5.32 Å². The Hall–Kier alpha value is -1.82. The molecule has 0 aliphatic carbocycles. The minimum atomic E-state index is -0.520. The normalized spacial score (nSPS) is 22.6. The van der Waals surface area contributed by atoms with Crippen LogP contribution in [-0.2, 0) is 11.3 Å². The van der Waals surface area contributed by atoms with E-state index in [9.17, 15) is 9.59 Å². The predicted octanol–water partition coefficient (Wildman–Crippen LogP) is 0.336. The first kappa shape index (κ1) is 13.6. The van der Waals surface area contributed by atoms with Crippen LogP contribution in [0.1, 0.15) is 29.7 Å². The molecule has 3 N–H and O–H groups in total. The van der Waals surface area contributed by atoms with Gasteiger partial charge in [0.1, 0.15) is 5.76 Å². The molecule has 1 aliphatic heterocycles. The topological polar surface area (TPSA) is 88.6 Å². The molecular formula is C13H19N3O3. The maximum Gasteiger partial charge on any atom is 0.289 e. The van der Waals surface area contributed by atoms with Crippen LogP contribution >= 0.6 is 0 Å². The second kappa shape index (κ2) is 5.05. The molecule has 19 heavy (non-hydrogen) atoms. The van der Waals surface area contributed by atoms with E-state index in [4.69, 9.17) is 10.2 Å². The highest BCUT2D eigenvalue weighted by molar-refractivity contribution is 5.93. The van der Waals surface area contributed by atoms with Crippen molar-refractivity contribution in [3.63, 3.8) is 0 Å². The Morgan fingerprint density at radius 3 is 2.84 bits per heavy atom. The van der Waals surface area contributed by atoms with Gasteiger partial charge in [-0.2, -0.15) is 0 Å². The average molecular weight is 265 g/mol. The molecule has 0 radical (unpaired) electrons.